The quantitative estimate of drug-likeness (QED) is 0.783. The minimum absolute atomic E-state index is 0.241. The maximum absolute atomic E-state index is 10.5. The highest BCUT2D eigenvalue weighted by molar-refractivity contribution is 6.43. The van der Waals surface area contributed by atoms with Crippen LogP contribution in [0.5, 0.6) is 5.75 Å². The van der Waals surface area contributed by atoms with E-state index < -0.39 is 5.97 Å². The molecule has 1 N–H and O–H groups in total. The van der Waals surface area contributed by atoms with Gasteiger partial charge in [-0.05, 0) is 12.1 Å². The zero-order chi connectivity index (χ0) is 10.6. The molecule has 0 spiro atoms. The van der Waals surface area contributed by atoms with Gasteiger partial charge in [-0.1, -0.05) is 29.8 Å². The summed E-state index contributed by atoms with van der Waals surface area (Å²) in [7, 11) is 1.52. The molecule has 1 rings (SSSR count). The maximum Gasteiger partial charge on any atom is 0.347 e. The highest BCUT2D eigenvalue weighted by Crippen LogP contribution is 2.21. The van der Waals surface area contributed by atoms with Gasteiger partial charge in [-0.25, -0.2) is 4.79 Å². The first-order chi connectivity index (χ1) is 6.65. The fraction of sp³-hybridized carbons (Fsp3) is 0.100. The summed E-state index contributed by atoms with van der Waals surface area (Å²) in [6, 6.07) is 7.03. The van der Waals surface area contributed by atoms with E-state index in [2.05, 4.69) is 0 Å². The van der Waals surface area contributed by atoms with Crippen LogP contribution in [0.25, 0.3) is 6.08 Å². The fourth-order valence-corrected chi connectivity index (χ4v) is 1.10. The smallest absolute Gasteiger partial charge is 0.347 e. The van der Waals surface area contributed by atoms with Gasteiger partial charge in [-0.15, -0.1) is 0 Å². The molecule has 0 aliphatic heterocycles. The predicted octanol–water partition coefficient (Wildman–Crippen LogP) is 2.36. The highest BCUT2D eigenvalue weighted by Gasteiger charge is 2.05. The number of carbonyl (C=O) groups is 1. The Morgan fingerprint density at radius 3 is 2.71 bits per heavy atom. The van der Waals surface area contributed by atoms with Crippen LogP contribution in [0, 0.1) is 0 Å². The number of ether oxygens (including phenoxy) is 1. The zero-order valence-corrected chi connectivity index (χ0v) is 8.28. The Morgan fingerprint density at radius 2 is 2.14 bits per heavy atom. The average molecular weight is 213 g/mol. The molecule has 0 amide bonds. The predicted molar refractivity (Wildman–Crippen MR) is 54.5 cm³/mol. The number of benzene rings is 1. The first-order valence-electron chi connectivity index (χ1n) is 3.88. The van der Waals surface area contributed by atoms with Crippen molar-refractivity contribution in [3.63, 3.8) is 0 Å². The Balaban J connectivity index is 3.07. The molecule has 0 saturated carbocycles. The highest BCUT2D eigenvalue weighted by atomic mass is 35.5. The SMILES string of the molecule is COc1ccccc1/C=C(\Cl)C(=O)O. The molecule has 0 heterocycles. The monoisotopic (exact) mass is 212 g/mol. The Morgan fingerprint density at radius 1 is 1.50 bits per heavy atom. The molecule has 0 aliphatic carbocycles. The normalized spacial score (nSPS) is 11.1. The third-order valence-corrected chi connectivity index (χ3v) is 1.90. The van der Waals surface area contributed by atoms with Gasteiger partial charge in [0.2, 0.25) is 0 Å². The van der Waals surface area contributed by atoms with Gasteiger partial charge >= 0.3 is 5.97 Å². The number of halogens is 1. The summed E-state index contributed by atoms with van der Waals surface area (Å²) >= 11 is 5.49. The molecule has 0 unspecified atom stereocenters. The number of hydrogen-bond acceptors (Lipinski definition) is 2. The van der Waals surface area contributed by atoms with Crippen molar-refractivity contribution in [3.05, 3.63) is 34.9 Å². The molecule has 0 aliphatic rings. The number of methoxy groups -OCH3 is 1. The van der Waals surface area contributed by atoms with Crippen molar-refractivity contribution in [2.45, 2.75) is 0 Å². The third kappa shape index (κ3) is 2.50. The van der Waals surface area contributed by atoms with E-state index in [4.69, 9.17) is 21.4 Å². The van der Waals surface area contributed by atoms with E-state index in [9.17, 15) is 4.79 Å². The van der Waals surface area contributed by atoms with Crippen LogP contribution in [-0.4, -0.2) is 18.2 Å². The molecule has 0 bridgehead atoms. The van der Waals surface area contributed by atoms with Gasteiger partial charge in [0.15, 0.2) is 0 Å². The molecule has 14 heavy (non-hydrogen) atoms. The number of carboxylic acids is 1. The van der Waals surface area contributed by atoms with Crippen molar-refractivity contribution in [1.29, 1.82) is 0 Å². The second kappa shape index (κ2) is 4.67. The van der Waals surface area contributed by atoms with E-state index in [0.717, 1.165) is 0 Å². The van der Waals surface area contributed by atoms with Crippen LogP contribution in [0.3, 0.4) is 0 Å². The summed E-state index contributed by atoms with van der Waals surface area (Å²) in [5, 5.41) is 8.32. The first kappa shape index (κ1) is 10.6. The lowest BCUT2D eigenvalue weighted by Gasteiger charge is -2.03. The van der Waals surface area contributed by atoms with E-state index in [0.29, 0.717) is 11.3 Å². The maximum atomic E-state index is 10.5. The summed E-state index contributed by atoms with van der Waals surface area (Å²) in [5.74, 6) is -0.565. The molecule has 3 nitrogen and oxygen atoms in total. The molecule has 74 valence electrons. The van der Waals surface area contributed by atoms with E-state index in [1.807, 2.05) is 0 Å². The van der Waals surface area contributed by atoms with E-state index >= 15 is 0 Å². The van der Waals surface area contributed by atoms with E-state index in [-0.39, 0.29) is 5.03 Å². The van der Waals surface area contributed by atoms with Gasteiger partial charge < -0.3 is 9.84 Å². The number of hydrogen-bond donors (Lipinski definition) is 1. The van der Waals surface area contributed by atoms with Crippen LogP contribution in [0.1, 0.15) is 5.56 Å². The molecule has 0 radical (unpaired) electrons. The Hall–Kier alpha value is -1.48. The Kier molecular flexibility index (Phi) is 3.54. The Bertz CT molecular complexity index is 371. The number of rotatable bonds is 3. The van der Waals surface area contributed by atoms with Crippen molar-refractivity contribution in [2.75, 3.05) is 7.11 Å². The van der Waals surface area contributed by atoms with Gasteiger partial charge in [0.25, 0.3) is 0 Å². The minimum atomic E-state index is -1.16. The molecular weight excluding hydrogens is 204 g/mol. The van der Waals surface area contributed by atoms with Crippen molar-refractivity contribution in [1.82, 2.24) is 0 Å². The summed E-state index contributed by atoms with van der Waals surface area (Å²) in [4.78, 5) is 10.5. The van der Waals surface area contributed by atoms with Crippen LogP contribution in [-0.2, 0) is 4.79 Å². The van der Waals surface area contributed by atoms with Crippen molar-refractivity contribution >= 4 is 23.6 Å². The first-order valence-corrected chi connectivity index (χ1v) is 4.26. The average Bonchev–Trinajstić information content (AvgIpc) is 2.18. The van der Waals surface area contributed by atoms with Crippen molar-refractivity contribution < 1.29 is 14.6 Å². The van der Waals surface area contributed by atoms with E-state index in [1.54, 1.807) is 24.3 Å². The lowest BCUT2D eigenvalue weighted by molar-refractivity contribution is -0.131. The summed E-state index contributed by atoms with van der Waals surface area (Å²) in [5.41, 5.74) is 0.641. The molecule has 1 aromatic rings. The summed E-state index contributed by atoms with van der Waals surface area (Å²) < 4.78 is 5.03. The van der Waals surface area contributed by atoms with Crippen LogP contribution in [0.15, 0.2) is 29.3 Å². The number of aliphatic carboxylic acids is 1. The second-order valence-corrected chi connectivity index (χ2v) is 2.95. The van der Waals surface area contributed by atoms with Crippen LogP contribution >= 0.6 is 11.6 Å². The second-order valence-electron chi connectivity index (χ2n) is 2.54. The lowest BCUT2D eigenvalue weighted by atomic mass is 10.2. The fourth-order valence-electron chi connectivity index (χ4n) is 0.984. The van der Waals surface area contributed by atoms with E-state index in [1.165, 1.54) is 13.2 Å². The lowest BCUT2D eigenvalue weighted by Crippen LogP contribution is -1.94. The molecule has 1 aromatic carbocycles. The summed E-state index contributed by atoms with van der Waals surface area (Å²) in [6.45, 7) is 0. The van der Waals surface area contributed by atoms with Gasteiger partial charge in [0.05, 0.1) is 7.11 Å². The van der Waals surface area contributed by atoms with Crippen LogP contribution in [0.4, 0.5) is 0 Å². The number of para-hydroxylation sites is 1. The van der Waals surface area contributed by atoms with Crippen LogP contribution in [0.2, 0.25) is 0 Å². The van der Waals surface area contributed by atoms with Gasteiger partial charge in [-0.2, -0.15) is 0 Å². The van der Waals surface area contributed by atoms with Gasteiger partial charge in [0, 0.05) is 5.56 Å². The van der Waals surface area contributed by atoms with Crippen molar-refractivity contribution in [2.24, 2.45) is 0 Å². The molecule has 0 aromatic heterocycles. The molecule has 4 heteroatoms. The standard InChI is InChI=1S/C10H9ClO3/c1-14-9-5-3-2-4-7(9)6-8(11)10(12)13/h2-6H,1H3,(H,12,13)/b8-6-. The molecule has 0 saturated heterocycles. The van der Waals surface area contributed by atoms with Crippen LogP contribution < -0.4 is 4.74 Å². The zero-order valence-electron chi connectivity index (χ0n) is 7.53. The molecule has 0 atom stereocenters. The topological polar surface area (TPSA) is 46.5 Å². The van der Waals surface area contributed by atoms with Gasteiger partial charge in [0.1, 0.15) is 10.8 Å². The third-order valence-electron chi connectivity index (χ3n) is 1.63. The molecule has 0 fully saturated rings. The minimum Gasteiger partial charge on any atom is -0.496 e. The number of carboxylic acid groups (broad SMARTS) is 1. The molecular formula is C10H9ClO3. The van der Waals surface area contributed by atoms with Crippen molar-refractivity contribution in [3.8, 4) is 5.75 Å². The van der Waals surface area contributed by atoms with Gasteiger partial charge in [-0.3, -0.25) is 0 Å². The largest absolute Gasteiger partial charge is 0.496 e. The summed E-state index contributed by atoms with van der Waals surface area (Å²) in [6.07, 6.45) is 1.35. The Labute approximate surface area is 86.6 Å².